The molecule has 1 heterocycles. The van der Waals surface area contributed by atoms with Gasteiger partial charge in [-0.05, 0) is 73.6 Å². The number of fused-ring (bicyclic) bond motifs is 1. The molecule has 1 aliphatic carbocycles. The van der Waals surface area contributed by atoms with Crippen molar-refractivity contribution >= 4 is 28.2 Å². The number of anilines is 1. The van der Waals surface area contributed by atoms with Crippen LogP contribution in [0.15, 0.2) is 73.1 Å². The summed E-state index contributed by atoms with van der Waals surface area (Å²) in [6, 6.07) is 18.1. The molecule has 1 fully saturated rings. The van der Waals surface area contributed by atoms with Crippen molar-refractivity contribution in [3.8, 4) is 12.3 Å². The summed E-state index contributed by atoms with van der Waals surface area (Å²) in [5, 5.41) is 5.35. The van der Waals surface area contributed by atoms with Gasteiger partial charge in [0.2, 0.25) is 0 Å². The maximum absolute atomic E-state index is 6.99. The number of nitrogens with two attached hydrogens (primary N) is 1. The summed E-state index contributed by atoms with van der Waals surface area (Å²) < 4.78 is 0. The van der Waals surface area contributed by atoms with E-state index in [1.165, 1.54) is 10.9 Å². The Kier molecular flexibility index (Phi) is 6.32. The topological polar surface area (TPSA) is 50.9 Å². The first kappa shape index (κ1) is 21.4. The van der Waals surface area contributed by atoms with Crippen LogP contribution in [0, 0.1) is 18.3 Å². The highest BCUT2D eigenvalue weighted by Gasteiger charge is 2.40. The Morgan fingerprint density at radius 2 is 1.90 bits per heavy atom. The van der Waals surface area contributed by atoms with Crippen LogP contribution in [-0.2, 0) is 0 Å². The highest BCUT2D eigenvalue weighted by Crippen LogP contribution is 2.44. The van der Waals surface area contributed by atoms with Gasteiger partial charge in [-0.15, -0.1) is 12.3 Å². The van der Waals surface area contributed by atoms with Crippen LogP contribution in [0.4, 0.5) is 5.69 Å². The Labute approximate surface area is 189 Å². The van der Waals surface area contributed by atoms with Gasteiger partial charge in [0, 0.05) is 45.9 Å². The van der Waals surface area contributed by atoms with Crippen LogP contribution < -0.4 is 11.1 Å². The zero-order valence-corrected chi connectivity index (χ0v) is 18.4. The number of halogens is 1. The van der Waals surface area contributed by atoms with Crippen LogP contribution in [0.25, 0.3) is 10.9 Å². The summed E-state index contributed by atoms with van der Waals surface area (Å²) >= 11 is 6.00. The van der Waals surface area contributed by atoms with Gasteiger partial charge in [0.05, 0.1) is 5.52 Å². The molecule has 2 aromatic carbocycles. The molecule has 3 aromatic rings. The lowest BCUT2D eigenvalue weighted by Gasteiger charge is -2.43. The predicted octanol–water partition coefficient (Wildman–Crippen LogP) is 6.51. The van der Waals surface area contributed by atoms with E-state index >= 15 is 0 Å². The van der Waals surface area contributed by atoms with Crippen molar-refractivity contribution in [3.05, 3.63) is 83.7 Å². The summed E-state index contributed by atoms with van der Waals surface area (Å²) in [6.07, 6.45) is 12.1. The van der Waals surface area contributed by atoms with E-state index in [1.54, 1.807) is 0 Å². The van der Waals surface area contributed by atoms with Gasteiger partial charge >= 0.3 is 0 Å². The predicted molar refractivity (Wildman–Crippen MR) is 131 cm³/mol. The first-order valence-electron chi connectivity index (χ1n) is 10.8. The standard InChI is InChI=1S/C27H28ClN3/c1-3-6-25(19(2)31-22-11-9-21(28)10-12-22)27(29)16-13-20(14-17-27)23-15-18-30-26-8-5-4-7-24(23)26/h1,4-5,7-12,15,18,20,25,31H,2,6,13-14,16-17,29H2/t20?,25-,27?/m0/s1. The van der Waals surface area contributed by atoms with Crippen molar-refractivity contribution in [1.29, 1.82) is 0 Å². The van der Waals surface area contributed by atoms with Gasteiger partial charge in [0.25, 0.3) is 0 Å². The van der Waals surface area contributed by atoms with Gasteiger partial charge in [0.1, 0.15) is 0 Å². The van der Waals surface area contributed by atoms with Gasteiger partial charge in [-0.2, -0.15) is 0 Å². The van der Waals surface area contributed by atoms with Crippen molar-refractivity contribution in [2.75, 3.05) is 5.32 Å². The van der Waals surface area contributed by atoms with E-state index < -0.39 is 0 Å². The molecule has 0 unspecified atom stereocenters. The number of nitrogens with one attached hydrogen (secondary N) is 1. The number of pyridine rings is 1. The third-order valence-electron chi connectivity index (χ3n) is 6.62. The monoisotopic (exact) mass is 429 g/mol. The lowest BCUT2D eigenvalue weighted by molar-refractivity contribution is 0.209. The van der Waals surface area contributed by atoms with Crippen LogP contribution in [0.5, 0.6) is 0 Å². The normalized spacial score (nSPS) is 21.9. The number of benzene rings is 2. The number of rotatable bonds is 6. The number of terminal acetylenes is 1. The molecule has 0 amide bonds. The highest BCUT2D eigenvalue weighted by atomic mass is 35.5. The minimum Gasteiger partial charge on any atom is -0.359 e. The Balaban J connectivity index is 1.50. The maximum Gasteiger partial charge on any atom is 0.0704 e. The number of nitrogens with zero attached hydrogens (tertiary/aromatic N) is 1. The molecule has 1 saturated carbocycles. The molecular formula is C27H28ClN3. The quantitative estimate of drug-likeness (QED) is 0.439. The van der Waals surface area contributed by atoms with Crippen molar-refractivity contribution in [2.24, 2.45) is 11.7 Å². The van der Waals surface area contributed by atoms with E-state index in [9.17, 15) is 0 Å². The zero-order chi connectivity index (χ0) is 21.8. The zero-order valence-electron chi connectivity index (χ0n) is 17.7. The van der Waals surface area contributed by atoms with Crippen LogP contribution in [0.3, 0.4) is 0 Å². The third-order valence-corrected chi connectivity index (χ3v) is 6.88. The van der Waals surface area contributed by atoms with E-state index in [0.717, 1.165) is 42.6 Å². The van der Waals surface area contributed by atoms with Gasteiger partial charge < -0.3 is 11.1 Å². The smallest absolute Gasteiger partial charge is 0.0704 e. The van der Waals surface area contributed by atoms with Gasteiger partial charge in [-0.25, -0.2) is 0 Å². The second kappa shape index (κ2) is 9.14. The van der Waals surface area contributed by atoms with Crippen LogP contribution in [0.2, 0.25) is 5.02 Å². The van der Waals surface area contributed by atoms with Gasteiger partial charge in [-0.1, -0.05) is 36.4 Å². The minimum absolute atomic E-state index is 0.00307. The molecule has 158 valence electrons. The van der Waals surface area contributed by atoms with Crippen LogP contribution >= 0.6 is 11.6 Å². The van der Waals surface area contributed by atoms with E-state index in [1.807, 2.05) is 36.5 Å². The lowest BCUT2D eigenvalue weighted by atomic mass is 9.67. The summed E-state index contributed by atoms with van der Waals surface area (Å²) in [5.74, 6) is 3.31. The molecule has 0 radical (unpaired) electrons. The van der Waals surface area contributed by atoms with E-state index in [0.29, 0.717) is 17.4 Å². The minimum atomic E-state index is -0.373. The molecule has 1 aliphatic rings. The molecule has 4 rings (SSSR count). The number of para-hydroxylation sites is 1. The van der Waals surface area contributed by atoms with E-state index in [-0.39, 0.29) is 11.5 Å². The molecule has 3 N–H and O–H groups in total. The summed E-state index contributed by atoms with van der Waals surface area (Å²) in [6.45, 7) is 4.30. The average molecular weight is 430 g/mol. The van der Waals surface area contributed by atoms with Gasteiger partial charge in [-0.3, -0.25) is 4.98 Å². The summed E-state index contributed by atoms with van der Waals surface area (Å²) in [7, 11) is 0. The van der Waals surface area contributed by atoms with Crippen molar-refractivity contribution < 1.29 is 0 Å². The summed E-state index contributed by atoms with van der Waals surface area (Å²) in [5.41, 5.74) is 10.9. The fourth-order valence-electron chi connectivity index (χ4n) is 4.89. The molecule has 0 spiro atoms. The van der Waals surface area contributed by atoms with Crippen molar-refractivity contribution in [2.45, 2.75) is 43.6 Å². The molecular weight excluding hydrogens is 402 g/mol. The third kappa shape index (κ3) is 4.61. The molecule has 0 saturated heterocycles. The van der Waals surface area contributed by atoms with Crippen LogP contribution in [-0.4, -0.2) is 10.5 Å². The molecule has 1 atom stereocenters. The Bertz CT molecular complexity index is 1100. The van der Waals surface area contributed by atoms with Crippen molar-refractivity contribution in [1.82, 2.24) is 4.98 Å². The molecule has 3 nitrogen and oxygen atoms in total. The van der Waals surface area contributed by atoms with E-state index in [2.05, 4.69) is 47.1 Å². The van der Waals surface area contributed by atoms with Gasteiger partial charge in [0.15, 0.2) is 0 Å². The van der Waals surface area contributed by atoms with E-state index in [4.69, 9.17) is 23.8 Å². The average Bonchev–Trinajstić information content (AvgIpc) is 2.79. The highest BCUT2D eigenvalue weighted by molar-refractivity contribution is 6.30. The maximum atomic E-state index is 6.99. The first-order chi connectivity index (χ1) is 15.0. The Hall–Kier alpha value is -2.80. The number of hydrogen-bond acceptors (Lipinski definition) is 3. The van der Waals surface area contributed by atoms with Crippen molar-refractivity contribution in [3.63, 3.8) is 0 Å². The van der Waals surface area contributed by atoms with Crippen LogP contribution in [0.1, 0.15) is 43.6 Å². The second-order valence-corrected chi connectivity index (χ2v) is 8.98. The number of hydrogen-bond donors (Lipinski definition) is 2. The molecule has 0 bridgehead atoms. The molecule has 1 aromatic heterocycles. The lowest BCUT2D eigenvalue weighted by Crippen LogP contribution is -2.50. The Morgan fingerprint density at radius 1 is 1.19 bits per heavy atom. The molecule has 4 heteroatoms. The number of aromatic nitrogens is 1. The SMILES string of the molecule is C#CC[C@@H](C(=C)Nc1ccc(Cl)cc1)C1(N)CCC(c2ccnc3ccccc23)CC1. The largest absolute Gasteiger partial charge is 0.359 e. The Morgan fingerprint density at radius 3 is 2.61 bits per heavy atom. The molecule has 31 heavy (non-hydrogen) atoms. The fraction of sp³-hybridized carbons (Fsp3) is 0.296. The first-order valence-corrected chi connectivity index (χ1v) is 11.2. The molecule has 0 aliphatic heterocycles. The summed E-state index contributed by atoms with van der Waals surface area (Å²) in [4.78, 5) is 4.51. The fourth-order valence-corrected chi connectivity index (χ4v) is 5.01. The second-order valence-electron chi connectivity index (χ2n) is 8.54.